The molecule has 0 aliphatic carbocycles. The van der Waals surface area contributed by atoms with E-state index in [4.69, 9.17) is 0 Å². The van der Waals surface area contributed by atoms with Crippen molar-refractivity contribution in [2.75, 3.05) is 13.1 Å². The van der Waals surface area contributed by atoms with Crippen LogP contribution in [0, 0.1) is 0 Å². The van der Waals surface area contributed by atoms with Crippen LogP contribution < -0.4 is 10.6 Å². The molecule has 0 saturated carbocycles. The first-order valence-electron chi connectivity index (χ1n) is 8.83. The van der Waals surface area contributed by atoms with Gasteiger partial charge in [0.2, 0.25) is 0 Å². The molecule has 0 spiro atoms. The monoisotopic (exact) mass is 392 g/mol. The molecule has 2 aromatic rings. The van der Waals surface area contributed by atoms with Crippen molar-refractivity contribution in [2.45, 2.75) is 32.4 Å². The van der Waals surface area contributed by atoms with Crippen molar-refractivity contribution in [1.29, 1.82) is 0 Å². The van der Waals surface area contributed by atoms with Gasteiger partial charge in [0.15, 0.2) is 0 Å². The lowest BCUT2D eigenvalue weighted by Gasteiger charge is -2.19. The molecule has 0 unspecified atom stereocenters. The summed E-state index contributed by atoms with van der Waals surface area (Å²) < 4.78 is 38.9. The van der Waals surface area contributed by atoms with E-state index in [0.29, 0.717) is 5.56 Å². The Kier molecular flexibility index (Phi) is 6.48. The van der Waals surface area contributed by atoms with Gasteiger partial charge in [-0.2, -0.15) is 13.2 Å². The van der Waals surface area contributed by atoms with Crippen LogP contribution in [0.1, 0.15) is 52.6 Å². The Bertz CT molecular complexity index is 838. The van der Waals surface area contributed by atoms with Crippen LogP contribution in [-0.2, 0) is 11.6 Å². The molecule has 0 atom stereocenters. The maximum atomic E-state index is 13.0. The number of carbonyl (C=O) groups excluding carboxylic acids is 2. The van der Waals surface area contributed by atoms with E-state index in [-0.39, 0.29) is 24.4 Å². The first-order chi connectivity index (χ1) is 13.0. The summed E-state index contributed by atoms with van der Waals surface area (Å²) in [6.45, 7) is 6.32. The van der Waals surface area contributed by atoms with E-state index in [2.05, 4.69) is 31.4 Å². The lowest BCUT2D eigenvalue weighted by molar-refractivity contribution is -0.137. The van der Waals surface area contributed by atoms with Gasteiger partial charge >= 0.3 is 6.18 Å². The second kappa shape index (κ2) is 8.46. The lowest BCUT2D eigenvalue weighted by Crippen LogP contribution is -2.35. The van der Waals surface area contributed by atoms with Gasteiger partial charge in [0.05, 0.1) is 11.1 Å². The minimum absolute atomic E-state index is 0.0108. The molecule has 2 amide bonds. The Balaban J connectivity index is 1.88. The SMILES string of the molecule is CC(C)(C)c1ccc(C(=O)NCCNC(=O)c2ccccc2C(F)(F)F)cc1. The largest absolute Gasteiger partial charge is 0.417 e. The smallest absolute Gasteiger partial charge is 0.350 e. The molecule has 7 heteroatoms. The second-order valence-corrected chi connectivity index (χ2v) is 7.38. The number of hydrogen-bond acceptors (Lipinski definition) is 2. The summed E-state index contributed by atoms with van der Waals surface area (Å²) in [6.07, 6.45) is -4.61. The van der Waals surface area contributed by atoms with E-state index in [0.717, 1.165) is 17.7 Å². The minimum Gasteiger partial charge on any atom is -0.350 e. The molecule has 2 rings (SSSR count). The number of hydrogen-bond donors (Lipinski definition) is 2. The molecule has 0 aromatic heterocycles. The molecule has 0 fully saturated rings. The summed E-state index contributed by atoms with van der Waals surface area (Å²) in [5.41, 5.74) is 0.113. The highest BCUT2D eigenvalue weighted by Crippen LogP contribution is 2.31. The molecule has 0 bridgehead atoms. The molecule has 0 radical (unpaired) electrons. The van der Waals surface area contributed by atoms with Gasteiger partial charge in [0.1, 0.15) is 0 Å². The Hall–Kier alpha value is -2.83. The summed E-state index contributed by atoms with van der Waals surface area (Å²) in [4.78, 5) is 24.2. The fourth-order valence-corrected chi connectivity index (χ4v) is 2.60. The molecule has 150 valence electrons. The van der Waals surface area contributed by atoms with E-state index >= 15 is 0 Å². The van der Waals surface area contributed by atoms with Gasteiger partial charge in [-0.25, -0.2) is 0 Å². The normalized spacial score (nSPS) is 11.8. The van der Waals surface area contributed by atoms with E-state index in [1.807, 2.05) is 12.1 Å². The number of rotatable bonds is 5. The molecule has 0 aliphatic rings. The van der Waals surface area contributed by atoms with E-state index < -0.39 is 23.2 Å². The molecule has 0 saturated heterocycles. The number of halogens is 3. The van der Waals surface area contributed by atoms with Crippen LogP contribution in [0.5, 0.6) is 0 Å². The quantitative estimate of drug-likeness (QED) is 0.751. The first kappa shape index (κ1) is 21.5. The van der Waals surface area contributed by atoms with Gasteiger partial charge in [0, 0.05) is 18.7 Å². The highest BCUT2D eigenvalue weighted by atomic mass is 19.4. The van der Waals surface area contributed by atoms with Gasteiger partial charge in [-0.05, 0) is 35.2 Å². The topological polar surface area (TPSA) is 58.2 Å². The first-order valence-corrected chi connectivity index (χ1v) is 8.83. The van der Waals surface area contributed by atoms with Crippen molar-refractivity contribution >= 4 is 11.8 Å². The molecule has 2 N–H and O–H groups in total. The van der Waals surface area contributed by atoms with Crippen molar-refractivity contribution < 1.29 is 22.8 Å². The van der Waals surface area contributed by atoms with Crippen LogP contribution in [0.25, 0.3) is 0 Å². The Morgan fingerprint density at radius 3 is 1.89 bits per heavy atom. The molecular formula is C21H23F3N2O2. The van der Waals surface area contributed by atoms with Crippen LogP contribution in [0.2, 0.25) is 0 Å². The molecule has 0 heterocycles. The van der Waals surface area contributed by atoms with Crippen molar-refractivity contribution in [3.8, 4) is 0 Å². The highest BCUT2D eigenvalue weighted by molar-refractivity contribution is 5.96. The van der Waals surface area contributed by atoms with Gasteiger partial charge in [-0.3, -0.25) is 9.59 Å². The third kappa shape index (κ3) is 5.58. The summed E-state index contributed by atoms with van der Waals surface area (Å²) in [6, 6.07) is 11.8. The zero-order chi connectivity index (χ0) is 20.9. The van der Waals surface area contributed by atoms with Gasteiger partial charge < -0.3 is 10.6 Å². The van der Waals surface area contributed by atoms with Crippen LogP contribution >= 0.6 is 0 Å². The average molecular weight is 392 g/mol. The van der Waals surface area contributed by atoms with Crippen LogP contribution in [0.15, 0.2) is 48.5 Å². The van der Waals surface area contributed by atoms with Gasteiger partial charge in [-0.15, -0.1) is 0 Å². The third-order valence-electron chi connectivity index (χ3n) is 4.19. The zero-order valence-corrected chi connectivity index (χ0v) is 16.0. The number of alkyl halides is 3. The van der Waals surface area contributed by atoms with Crippen LogP contribution in [-0.4, -0.2) is 24.9 Å². The van der Waals surface area contributed by atoms with Crippen molar-refractivity contribution in [1.82, 2.24) is 10.6 Å². The van der Waals surface area contributed by atoms with Crippen molar-refractivity contribution in [2.24, 2.45) is 0 Å². The van der Waals surface area contributed by atoms with Crippen LogP contribution in [0.4, 0.5) is 13.2 Å². The van der Waals surface area contributed by atoms with E-state index in [1.54, 1.807) is 12.1 Å². The average Bonchev–Trinajstić information content (AvgIpc) is 2.63. The van der Waals surface area contributed by atoms with Gasteiger partial charge in [-0.1, -0.05) is 45.0 Å². The van der Waals surface area contributed by atoms with Gasteiger partial charge in [0.25, 0.3) is 11.8 Å². The van der Waals surface area contributed by atoms with Crippen molar-refractivity contribution in [3.63, 3.8) is 0 Å². The number of amides is 2. The maximum absolute atomic E-state index is 13.0. The number of carbonyl (C=O) groups is 2. The Morgan fingerprint density at radius 2 is 1.36 bits per heavy atom. The summed E-state index contributed by atoms with van der Waals surface area (Å²) in [5, 5.41) is 5.03. The molecule has 4 nitrogen and oxygen atoms in total. The third-order valence-corrected chi connectivity index (χ3v) is 4.19. The molecule has 0 aliphatic heterocycles. The highest BCUT2D eigenvalue weighted by Gasteiger charge is 2.34. The standard InChI is InChI=1S/C21H23F3N2O2/c1-20(2,3)15-10-8-14(9-11-15)18(27)25-12-13-26-19(28)16-6-4-5-7-17(16)21(22,23)24/h4-11H,12-13H2,1-3H3,(H,25,27)(H,26,28). The molecular weight excluding hydrogens is 369 g/mol. The number of nitrogens with one attached hydrogen (secondary N) is 2. The zero-order valence-electron chi connectivity index (χ0n) is 16.0. The van der Waals surface area contributed by atoms with Crippen molar-refractivity contribution in [3.05, 3.63) is 70.8 Å². The lowest BCUT2D eigenvalue weighted by atomic mass is 9.87. The predicted octanol–water partition coefficient (Wildman–Crippen LogP) is 4.16. The molecule has 28 heavy (non-hydrogen) atoms. The molecule has 2 aromatic carbocycles. The second-order valence-electron chi connectivity index (χ2n) is 7.38. The minimum atomic E-state index is -4.61. The predicted molar refractivity (Wildman–Crippen MR) is 101 cm³/mol. The van der Waals surface area contributed by atoms with Crippen LogP contribution in [0.3, 0.4) is 0 Å². The Morgan fingerprint density at radius 1 is 0.821 bits per heavy atom. The maximum Gasteiger partial charge on any atom is 0.417 e. The fraction of sp³-hybridized carbons (Fsp3) is 0.333. The van der Waals surface area contributed by atoms with E-state index in [1.165, 1.54) is 12.1 Å². The summed E-state index contributed by atoms with van der Waals surface area (Å²) >= 11 is 0. The summed E-state index contributed by atoms with van der Waals surface area (Å²) in [7, 11) is 0. The Labute approximate surface area is 162 Å². The summed E-state index contributed by atoms with van der Waals surface area (Å²) in [5.74, 6) is -1.15. The van der Waals surface area contributed by atoms with E-state index in [9.17, 15) is 22.8 Å². The fourth-order valence-electron chi connectivity index (χ4n) is 2.60. The number of benzene rings is 2.